The first-order valence-electron chi connectivity index (χ1n) is 6.12. The van der Waals surface area contributed by atoms with Gasteiger partial charge in [-0.3, -0.25) is 4.90 Å². The summed E-state index contributed by atoms with van der Waals surface area (Å²) in [5.74, 6) is 0. The highest BCUT2D eigenvalue weighted by Gasteiger charge is 2.43. The van der Waals surface area contributed by atoms with E-state index < -0.39 is 0 Å². The van der Waals surface area contributed by atoms with Crippen LogP contribution in [0.25, 0.3) is 0 Å². The van der Waals surface area contributed by atoms with Gasteiger partial charge < -0.3 is 10.0 Å². The highest BCUT2D eigenvalue weighted by Crippen LogP contribution is 2.37. The minimum absolute atomic E-state index is 0.249. The third-order valence-electron chi connectivity index (χ3n) is 3.87. The Labute approximate surface area is 93.1 Å². The van der Waals surface area contributed by atoms with Gasteiger partial charge in [-0.05, 0) is 46.7 Å². The van der Waals surface area contributed by atoms with E-state index in [1.54, 1.807) is 0 Å². The zero-order valence-electron chi connectivity index (χ0n) is 10.2. The van der Waals surface area contributed by atoms with E-state index in [-0.39, 0.29) is 5.54 Å². The number of aliphatic hydroxyl groups is 1. The van der Waals surface area contributed by atoms with Crippen molar-refractivity contribution in [2.45, 2.75) is 50.7 Å². The molecule has 1 aliphatic carbocycles. The van der Waals surface area contributed by atoms with E-state index in [1.165, 1.54) is 19.3 Å². The number of hydrogen-bond donors (Lipinski definition) is 1. The lowest BCUT2D eigenvalue weighted by molar-refractivity contribution is 0.0341. The zero-order valence-corrected chi connectivity index (χ0v) is 10.2. The predicted octanol–water partition coefficient (Wildman–Crippen LogP) is 0.926. The summed E-state index contributed by atoms with van der Waals surface area (Å²) >= 11 is 0. The second-order valence-electron chi connectivity index (χ2n) is 5.80. The van der Waals surface area contributed by atoms with E-state index in [9.17, 15) is 5.11 Å². The molecule has 1 saturated carbocycles. The van der Waals surface area contributed by atoms with Crippen LogP contribution in [0.15, 0.2) is 0 Å². The SMILES string of the molecule is CN1CCC(C)(C)N(C2CC2)C(CO)C1. The molecule has 2 aliphatic rings. The highest BCUT2D eigenvalue weighted by atomic mass is 16.3. The standard InChI is InChI=1S/C12H24N2O/c1-12(2)6-7-13(3)8-11(9-15)14(12)10-4-5-10/h10-11,15H,4-9H2,1-3H3. The molecule has 1 aliphatic heterocycles. The van der Waals surface area contributed by atoms with E-state index in [1.807, 2.05) is 0 Å². The molecule has 1 atom stereocenters. The minimum atomic E-state index is 0.249. The lowest BCUT2D eigenvalue weighted by Crippen LogP contribution is -2.53. The van der Waals surface area contributed by atoms with Gasteiger partial charge in [0.1, 0.15) is 0 Å². The van der Waals surface area contributed by atoms with Crippen molar-refractivity contribution in [3.63, 3.8) is 0 Å². The third-order valence-corrected chi connectivity index (χ3v) is 3.87. The lowest BCUT2D eigenvalue weighted by atomic mass is 9.96. The maximum Gasteiger partial charge on any atom is 0.0599 e. The molecule has 3 nitrogen and oxygen atoms in total. The van der Waals surface area contributed by atoms with Crippen LogP contribution in [0.2, 0.25) is 0 Å². The van der Waals surface area contributed by atoms with Crippen LogP contribution in [0, 0.1) is 0 Å². The van der Waals surface area contributed by atoms with Crippen LogP contribution in [0.4, 0.5) is 0 Å². The summed E-state index contributed by atoms with van der Waals surface area (Å²) in [7, 11) is 2.16. The predicted molar refractivity (Wildman–Crippen MR) is 61.9 cm³/mol. The number of rotatable bonds is 2. The highest BCUT2D eigenvalue weighted by molar-refractivity contribution is 4.99. The van der Waals surface area contributed by atoms with Crippen molar-refractivity contribution in [2.75, 3.05) is 26.7 Å². The Balaban J connectivity index is 2.17. The van der Waals surface area contributed by atoms with E-state index >= 15 is 0 Å². The topological polar surface area (TPSA) is 26.7 Å². The summed E-state index contributed by atoms with van der Waals surface area (Å²) in [6.45, 7) is 7.10. The molecule has 0 spiro atoms. The monoisotopic (exact) mass is 212 g/mol. The molecule has 0 bridgehead atoms. The van der Waals surface area contributed by atoms with Crippen molar-refractivity contribution >= 4 is 0 Å². The molecule has 1 heterocycles. The van der Waals surface area contributed by atoms with Gasteiger partial charge in [0.25, 0.3) is 0 Å². The summed E-state index contributed by atoms with van der Waals surface area (Å²) in [4.78, 5) is 4.93. The molecule has 1 unspecified atom stereocenters. The summed E-state index contributed by atoms with van der Waals surface area (Å²) in [6.07, 6.45) is 3.85. The Morgan fingerprint density at radius 3 is 2.53 bits per heavy atom. The van der Waals surface area contributed by atoms with E-state index in [0.717, 1.165) is 19.1 Å². The van der Waals surface area contributed by atoms with E-state index in [4.69, 9.17) is 0 Å². The minimum Gasteiger partial charge on any atom is -0.395 e. The molecule has 0 radical (unpaired) electrons. The molecular formula is C12H24N2O. The van der Waals surface area contributed by atoms with Gasteiger partial charge in [-0.15, -0.1) is 0 Å². The van der Waals surface area contributed by atoms with Crippen LogP contribution in [-0.4, -0.2) is 59.3 Å². The fourth-order valence-corrected chi connectivity index (χ4v) is 2.92. The maximum atomic E-state index is 9.54. The number of nitrogens with zero attached hydrogens (tertiary/aromatic N) is 2. The zero-order chi connectivity index (χ0) is 11.1. The average molecular weight is 212 g/mol. The second kappa shape index (κ2) is 4.04. The molecule has 88 valence electrons. The summed E-state index contributed by atoms with van der Waals surface area (Å²) in [5.41, 5.74) is 0.249. The van der Waals surface area contributed by atoms with Gasteiger partial charge in [-0.2, -0.15) is 0 Å². The fraction of sp³-hybridized carbons (Fsp3) is 1.00. The Hall–Kier alpha value is -0.120. The Kier molecular flexibility index (Phi) is 3.06. The Bertz CT molecular complexity index is 226. The van der Waals surface area contributed by atoms with E-state index in [2.05, 4.69) is 30.7 Å². The molecule has 2 fully saturated rings. The number of aliphatic hydroxyl groups excluding tert-OH is 1. The van der Waals surface area contributed by atoms with Gasteiger partial charge in [-0.25, -0.2) is 0 Å². The van der Waals surface area contributed by atoms with Crippen LogP contribution in [-0.2, 0) is 0 Å². The molecule has 15 heavy (non-hydrogen) atoms. The van der Waals surface area contributed by atoms with Crippen LogP contribution >= 0.6 is 0 Å². The van der Waals surface area contributed by atoms with Gasteiger partial charge in [-0.1, -0.05) is 0 Å². The molecular weight excluding hydrogens is 188 g/mol. The number of hydrogen-bond acceptors (Lipinski definition) is 3. The first-order valence-corrected chi connectivity index (χ1v) is 6.12. The molecule has 0 aromatic rings. The fourth-order valence-electron chi connectivity index (χ4n) is 2.92. The summed E-state index contributed by atoms with van der Waals surface area (Å²) in [6, 6.07) is 1.07. The molecule has 0 aromatic heterocycles. The van der Waals surface area contributed by atoms with E-state index in [0.29, 0.717) is 12.6 Å². The normalized spacial score (nSPS) is 34.0. The first kappa shape index (κ1) is 11.4. The average Bonchev–Trinajstić information content (AvgIpc) is 2.96. The van der Waals surface area contributed by atoms with Crippen molar-refractivity contribution in [1.82, 2.24) is 9.80 Å². The van der Waals surface area contributed by atoms with Crippen LogP contribution in [0.1, 0.15) is 33.1 Å². The van der Waals surface area contributed by atoms with Gasteiger partial charge in [0.2, 0.25) is 0 Å². The van der Waals surface area contributed by atoms with Crippen molar-refractivity contribution < 1.29 is 5.11 Å². The Morgan fingerprint density at radius 1 is 1.33 bits per heavy atom. The molecule has 1 N–H and O–H groups in total. The van der Waals surface area contributed by atoms with Gasteiger partial charge in [0, 0.05) is 24.2 Å². The van der Waals surface area contributed by atoms with Crippen molar-refractivity contribution in [2.24, 2.45) is 0 Å². The maximum absolute atomic E-state index is 9.54. The summed E-state index contributed by atoms with van der Waals surface area (Å²) in [5, 5.41) is 9.54. The largest absolute Gasteiger partial charge is 0.395 e. The van der Waals surface area contributed by atoms with Crippen molar-refractivity contribution in [3.05, 3.63) is 0 Å². The smallest absolute Gasteiger partial charge is 0.0599 e. The quantitative estimate of drug-likeness (QED) is 0.737. The van der Waals surface area contributed by atoms with Gasteiger partial charge >= 0.3 is 0 Å². The second-order valence-corrected chi connectivity index (χ2v) is 5.80. The van der Waals surface area contributed by atoms with Crippen molar-refractivity contribution in [1.29, 1.82) is 0 Å². The van der Waals surface area contributed by atoms with Crippen LogP contribution < -0.4 is 0 Å². The first-order chi connectivity index (χ1) is 7.04. The van der Waals surface area contributed by atoms with Crippen LogP contribution in [0.5, 0.6) is 0 Å². The third kappa shape index (κ3) is 2.35. The molecule has 2 rings (SSSR count). The van der Waals surface area contributed by atoms with Gasteiger partial charge in [0.15, 0.2) is 0 Å². The molecule has 0 amide bonds. The van der Waals surface area contributed by atoms with Gasteiger partial charge in [0.05, 0.1) is 6.61 Å². The molecule has 3 heteroatoms. The Morgan fingerprint density at radius 2 is 2.00 bits per heavy atom. The number of likely N-dealkylation sites (N-methyl/N-ethyl adjacent to an activating group) is 1. The summed E-state index contributed by atoms with van der Waals surface area (Å²) < 4.78 is 0. The van der Waals surface area contributed by atoms with Crippen LogP contribution in [0.3, 0.4) is 0 Å². The van der Waals surface area contributed by atoms with Crippen molar-refractivity contribution in [3.8, 4) is 0 Å². The lowest BCUT2D eigenvalue weighted by Gasteiger charge is -2.41. The molecule has 0 aromatic carbocycles. The molecule has 1 saturated heterocycles.